The zero-order valence-electron chi connectivity index (χ0n) is 11.3. The van der Waals surface area contributed by atoms with Crippen molar-refractivity contribution in [3.8, 4) is 0 Å². The van der Waals surface area contributed by atoms with Gasteiger partial charge in [-0.05, 0) is 25.7 Å². The van der Waals surface area contributed by atoms with Gasteiger partial charge in [0.1, 0.15) is 5.69 Å². The van der Waals surface area contributed by atoms with Crippen LogP contribution in [-0.2, 0) is 7.05 Å². The van der Waals surface area contributed by atoms with Gasteiger partial charge in [0.2, 0.25) is 5.82 Å². The van der Waals surface area contributed by atoms with Crippen molar-refractivity contribution in [3.05, 3.63) is 15.8 Å². The van der Waals surface area contributed by atoms with Crippen LogP contribution >= 0.6 is 0 Å². The molecular formula is C12H20N4O3. The van der Waals surface area contributed by atoms with Crippen LogP contribution in [0.25, 0.3) is 0 Å². The number of hydrogen-bond acceptors (Lipinski definition) is 5. The van der Waals surface area contributed by atoms with E-state index in [-0.39, 0.29) is 5.69 Å². The summed E-state index contributed by atoms with van der Waals surface area (Å²) in [5, 5.41) is 28.1. The number of nitro groups is 1. The van der Waals surface area contributed by atoms with Crippen LogP contribution in [0.3, 0.4) is 0 Å². The molecule has 1 unspecified atom stereocenters. The van der Waals surface area contributed by atoms with E-state index in [1.54, 1.807) is 14.0 Å². The highest BCUT2D eigenvalue weighted by Crippen LogP contribution is 2.30. The molecule has 2 N–H and O–H groups in total. The Morgan fingerprint density at radius 3 is 2.79 bits per heavy atom. The molecule has 1 heterocycles. The number of nitrogens with zero attached hydrogens (tertiary/aromatic N) is 3. The Labute approximate surface area is 111 Å². The van der Waals surface area contributed by atoms with Gasteiger partial charge >= 0.3 is 5.69 Å². The fraction of sp³-hybridized carbons (Fsp3) is 0.750. The number of nitrogens with one attached hydrogen (secondary N) is 1. The van der Waals surface area contributed by atoms with E-state index in [0.717, 1.165) is 25.7 Å². The van der Waals surface area contributed by atoms with Crippen molar-refractivity contribution < 1.29 is 10.0 Å². The number of anilines is 1. The highest BCUT2D eigenvalue weighted by Gasteiger charge is 2.27. The molecule has 0 aromatic carbocycles. The molecule has 0 spiro atoms. The Morgan fingerprint density at radius 1 is 1.58 bits per heavy atom. The van der Waals surface area contributed by atoms with Gasteiger partial charge in [0, 0.05) is 13.6 Å². The fourth-order valence-electron chi connectivity index (χ4n) is 2.77. The minimum Gasteiger partial charge on any atom is -0.391 e. The first kappa shape index (κ1) is 13.8. The maximum atomic E-state index is 11.0. The lowest BCUT2D eigenvalue weighted by Gasteiger charge is -2.18. The summed E-state index contributed by atoms with van der Waals surface area (Å²) in [6.45, 7) is 1.93. The third-order valence-electron chi connectivity index (χ3n) is 3.80. The Hall–Kier alpha value is -1.63. The fourth-order valence-corrected chi connectivity index (χ4v) is 2.77. The molecule has 1 saturated carbocycles. The Bertz CT molecular complexity index is 466. The summed E-state index contributed by atoms with van der Waals surface area (Å²) in [6.07, 6.45) is 3.93. The molecule has 1 atom stereocenters. The molecule has 0 bridgehead atoms. The monoisotopic (exact) mass is 268 g/mol. The summed E-state index contributed by atoms with van der Waals surface area (Å²) >= 11 is 0. The van der Waals surface area contributed by atoms with Crippen LogP contribution in [0.1, 0.15) is 31.4 Å². The minimum atomic E-state index is -0.461. The van der Waals surface area contributed by atoms with Crippen molar-refractivity contribution in [1.82, 2.24) is 9.78 Å². The first-order valence-electron chi connectivity index (χ1n) is 6.60. The van der Waals surface area contributed by atoms with Gasteiger partial charge in [-0.3, -0.25) is 10.1 Å². The molecule has 1 aromatic heterocycles. The van der Waals surface area contributed by atoms with E-state index in [1.807, 2.05) is 0 Å². The van der Waals surface area contributed by atoms with Crippen molar-refractivity contribution in [2.24, 2.45) is 13.0 Å². The van der Waals surface area contributed by atoms with Crippen molar-refractivity contribution in [2.45, 2.75) is 38.7 Å². The summed E-state index contributed by atoms with van der Waals surface area (Å²) in [6, 6.07) is 0. The Kier molecular flexibility index (Phi) is 4.04. The first-order chi connectivity index (χ1) is 9.00. The summed E-state index contributed by atoms with van der Waals surface area (Å²) in [5.41, 5.74) is 0.367. The number of rotatable bonds is 5. The number of aliphatic hydroxyl groups is 1. The van der Waals surface area contributed by atoms with Gasteiger partial charge in [0.25, 0.3) is 0 Å². The summed E-state index contributed by atoms with van der Waals surface area (Å²) in [5.74, 6) is 0.667. The highest BCUT2D eigenvalue weighted by atomic mass is 16.6. The quantitative estimate of drug-likeness (QED) is 0.625. The van der Waals surface area contributed by atoms with Crippen LogP contribution in [0.15, 0.2) is 0 Å². The smallest absolute Gasteiger partial charge is 0.333 e. The van der Waals surface area contributed by atoms with E-state index in [1.165, 1.54) is 4.68 Å². The van der Waals surface area contributed by atoms with Crippen molar-refractivity contribution in [3.63, 3.8) is 0 Å². The van der Waals surface area contributed by atoms with Crippen LogP contribution < -0.4 is 5.32 Å². The van der Waals surface area contributed by atoms with Crippen LogP contribution in [0.5, 0.6) is 0 Å². The van der Waals surface area contributed by atoms with Gasteiger partial charge in [-0.1, -0.05) is 12.8 Å². The van der Waals surface area contributed by atoms with Crippen molar-refractivity contribution in [1.29, 1.82) is 0 Å². The van der Waals surface area contributed by atoms with Gasteiger partial charge in [-0.2, -0.15) is 5.10 Å². The van der Waals surface area contributed by atoms with Crippen LogP contribution in [0.2, 0.25) is 0 Å². The standard InChI is InChI=1S/C12H20N4O3/c1-8-11(16(18)19)12(15(2)14-8)13-7-10(17)9-5-3-4-6-9/h9-10,13,17H,3-7H2,1-2H3. The third kappa shape index (κ3) is 2.86. The van der Waals surface area contributed by atoms with Crippen LogP contribution in [0, 0.1) is 23.0 Å². The van der Waals surface area contributed by atoms with Crippen molar-refractivity contribution >= 4 is 11.5 Å². The first-order valence-corrected chi connectivity index (χ1v) is 6.60. The molecule has 1 aromatic rings. The molecular weight excluding hydrogens is 248 g/mol. The predicted molar refractivity (Wildman–Crippen MR) is 71.1 cm³/mol. The molecule has 106 valence electrons. The number of aryl methyl sites for hydroxylation is 2. The van der Waals surface area contributed by atoms with Gasteiger partial charge in [-0.25, -0.2) is 4.68 Å². The molecule has 0 saturated heterocycles. The second kappa shape index (κ2) is 5.56. The summed E-state index contributed by atoms with van der Waals surface area (Å²) in [4.78, 5) is 10.6. The van der Waals surface area contributed by atoms with Crippen LogP contribution in [0.4, 0.5) is 11.5 Å². The average molecular weight is 268 g/mol. The zero-order valence-corrected chi connectivity index (χ0v) is 11.3. The minimum absolute atomic E-state index is 0.0129. The number of aromatic nitrogens is 2. The lowest BCUT2D eigenvalue weighted by molar-refractivity contribution is -0.384. The topological polar surface area (TPSA) is 93.2 Å². The molecule has 1 fully saturated rings. The molecule has 19 heavy (non-hydrogen) atoms. The Morgan fingerprint density at radius 2 is 2.21 bits per heavy atom. The molecule has 2 rings (SSSR count). The van der Waals surface area contributed by atoms with Gasteiger partial charge in [-0.15, -0.1) is 0 Å². The zero-order chi connectivity index (χ0) is 14.0. The third-order valence-corrected chi connectivity index (χ3v) is 3.80. The second-order valence-electron chi connectivity index (χ2n) is 5.16. The molecule has 1 aliphatic carbocycles. The second-order valence-corrected chi connectivity index (χ2v) is 5.16. The van der Waals surface area contributed by atoms with Gasteiger partial charge < -0.3 is 10.4 Å². The molecule has 0 radical (unpaired) electrons. The predicted octanol–water partition coefficient (Wildman–Crippen LogP) is 1.60. The van der Waals surface area contributed by atoms with E-state index in [4.69, 9.17) is 0 Å². The number of hydrogen-bond donors (Lipinski definition) is 2. The molecule has 1 aliphatic rings. The van der Waals surface area contributed by atoms with E-state index in [0.29, 0.717) is 24.0 Å². The SMILES string of the molecule is Cc1nn(C)c(NCC(O)C2CCCC2)c1[N+](=O)[O-]. The van der Waals surface area contributed by atoms with E-state index < -0.39 is 11.0 Å². The lowest BCUT2D eigenvalue weighted by atomic mass is 10.0. The summed E-state index contributed by atoms with van der Waals surface area (Å²) in [7, 11) is 1.66. The molecule has 0 amide bonds. The van der Waals surface area contributed by atoms with E-state index in [9.17, 15) is 15.2 Å². The van der Waals surface area contributed by atoms with Gasteiger partial charge in [0.05, 0.1) is 11.0 Å². The molecule has 7 nitrogen and oxygen atoms in total. The molecule has 0 aliphatic heterocycles. The van der Waals surface area contributed by atoms with Crippen molar-refractivity contribution in [2.75, 3.05) is 11.9 Å². The summed E-state index contributed by atoms with van der Waals surface area (Å²) < 4.78 is 1.45. The van der Waals surface area contributed by atoms with Gasteiger partial charge in [0.15, 0.2) is 0 Å². The average Bonchev–Trinajstić information content (AvgIpc) is 2.94. The maximum absolute atomic E-state index is 11.0. The number of aliphatic hydroxyl groups excluding tert-OH is 1. The molecule has 7 heteroatoms. The largest absolute Gasteiger partial charge is 0.391 e. The van der Waals surface area contributed by atoms with Crippen LogP contribution in [-0.4, -0.2) is 32.5 Å². The Balaban J connectivity index is 2.04. The van der Waals surface area contributed by atoms with E-state index >= 15 is 0 Å². The highest BCUT2D eigenvalue weighted by molar-refractivity contribution is 5.59. The lowest BCUT2D eigenvalue weighted by Crippen LogP contribution is -2.27. The van der Waals surface area contributed by atoms with E-state index in [2.05, 4.69) is 10.4 Å². The normalized spacial score (nSPS) is 17.6. The maximum Gasteiger partial charge on any atom is 0.333 e.